The molecule has 3 nitrogen and oxygen atoms in total. The standard InChI is InChI=1S/C9H14ClN3/c1-3-5-7-8(10)12-6-13-9(7)11-4-2/h6H,3-5H2,1-2H3,(H,11,12,13). The van der Waals surface area contributed by atoms with Crippen molar-refractivity contribution in [3.63, 3.8) is 0 Å². The van der Waals surface area contributed by atoms with Gasteiger partial charge in [-0.25, -0.2) is 9.97 Å². The predicted molar refractivity (Wildman–Crippen MR) is 55.2 cm³/mol. The quantitative estimate of drug-likeness (QED) is 0.758. The predicted octanol–water partition coefficient (Wildman–Crippen LogP) is 2.51. The first kappa shape index (κ1) is 10.3. The van der Waals surface area contributed by atoms with Crippen molar-refractivity contribution in [2.24, 2.45) is 0 Å². The second-order valence-corrected chi connectivity index (χ2v) is 3.13. The summed E-state index contributed by atoms with van der Waals surface area (Å²) in [5.41, 5.74) is 1.02. The van der Waals surface area contributed by atoms with E-state index in [0.29, 0.717) is 5.15 Å². The van der Waals surface area contributed by atoms with Crippen molar-refractivity contribution < 1.29 is 0 Å². The molecule has 1 N–H and O–H groups in total. The maximum atomic E-state index is 5.95. The number of nitrogens with one attached hydrogen (secondary N) is 1. The van der Waals surface area contributed by atoms with Gasteiger partial charge in [-0.1, -0.05) is 24.9 Å². The summed E-state index contributed by atoms with van der Waals surface area (Å²) in [6.07, 6.45) is 3.45. The zero-order valence-electron chi connectivity index (χ0n) is 7.97. The van der Waals surface area contributed by atoms with Crippen molar-refractivity contribution >= 4 is 17.4 Å². The molecule has 0 aliphatic rings. The minimum Gasteiger partial charge on any atom is -0.370 e. The van der Waals surface area contributed by atoms with E-state index in [-0.39, 0.29) is 0 Å². The molecule has 4 heteroatoms. The van der Waals surface area contributed by atoms with Crippen molar-refractivity contribution in [3.8, 4) is 0 Å². The van der Waals surface area contributed by atoms with Crippen LogP contribution in [0.2, 0.25) is 5.15 Å². The summed E-state index contributed by atoms with van der Waals surface area (Å²) in [5.74, 6) is 0.865. The lowest BCUT2D eigenvalue weighted by Crippen LogP contribution is -2.04. The molecule has 0 saturated heterocycles. The van der Waals surface area contributed by atoms with E-state index >= 15 is 0 Å². The average Bonchev–Trinajstić information content (AvgIpc) is 2.11. The molecule has 0 spiro atoms. The largest absolute Gasteiger partial charge is 0.370 e. The average molecular weight is 200 g/mol. The molecule has 0 aromatic carbocycles. The van der Waals surface area contributed by atoms with Crippen LogP contribution in [0.15, 0.2) is 6.33 Å². The molecule has 0 bridgehead atoms. The Kier molecular flexibility index (Phi) is 3.96. The van der Waals surface area contributed by atoms with Crippen molar-refractivity contribution in [2.75, 3.05) is 11.9 Å². The van der Waals surface area contributed by atoms with Gasteiger partial charge in [0.1, 0.15) is 17.3 Å². The molecule has 0 radical (unpaired) electrons. The Bertz CT molecular complexity index is 276. The Morgan fingerprint density at radius 2 is 2.15 bits per heavy atom. The van der Waals surface area contributed by atoms with Crippen LogP contribution in [-0.4, -0.2) is 16.5 Å². The SMILES string of the molecule is CCCc1c(Cl)ncnc1NCC. The van der Waals surface area contributed by atoms with Crippen LogP contribution < -0.4 is 5.32 Å². The van der Waals surface area contributed by atoms with Crippen molar-refractivity contribution in [3.05, 3.63) is 17.0 Å². The molecule has 1 heterocycles. The first-order valence-corrected chi connectivity index (χ1v) is 4.90. The third kappa shape index (κ3) is 2.56. The van der Waals surface area contributed by atoms with Crippen LogP contribution in [0.4, 0.5) is 5.82 Å². The van der Waals surface area contributed by atoms with Gasteiger partial charge in [-0.05, 0) is 13.3 Å². The van der Waals surface area contributed by atoms with Gasteiger partial charge >= 0.3 is 0 Å². The molecular weight excluding hydrogens is 186 g/mol. The molecule has 1 rings (SSSR count). The highest BCUT2D eigenvalue weighted by Gasteiger charge is 2.07. The molecule has 1 aromatic heterocycles. The van der Waals surface area contributed by atoms with Crippen molar-refractivity contribution in [1.29, 1.82) is 0 Å². The molecule has 0 unspecified atom stereocenters. The summed E-state index contributed by atoms with van der Waals surface area (Å²) >= 11 is 5.95. The van der Waals surface area contributed by atoms with Gasteiger partial charge in [-0.2, -0.15) is 0 Å². The number of hydrogen-bond donors (Lipinski definition) is 1. The highest BCUT2D eigenvalue weighted by Crippen LogP contribution is 2.20. The topological polar surface area (TPSA) is 37.8 Å². The Labute approximate surface area is 83.5 Å². The van der Waals surface area contributed by atoms with Gasteiger partial charge in [-0.3, -0.25) is 0 Å². The fourth-order valence-electron chi connectivity index (χ4n) is 1.18. The minimum absolute atomic E-state index is 0.563. The summed E-state index contributed by atoms with van der Waals surface area (Å²) in [4.78, 5) is 8.10. The van der Waals surface area contributed by atoms with E-state index in [0.717, 1.165) is 30.8 Å². The molecule has 0 fully saturated rings. The van der Waals surface area contributed by atoms with Gasteiger partial charge in [0, 0.05) is 12.1 Å². The van der Waals surface area contributed by atoms with Crippen LogP contribution in [0, 0.1) is 0 Å². The minimum atomic E-state index is 0.563. The highest BCUT2D eigenvalue weighted by molar-refractivity contribution is 6.30. The van der Waals surface area contributed by atoms with Crippen LogP contribution in [0.3, 0.4) is 0 Å². The lowest BCUT2D eigenvalue weighted by atomic mass is 10.2. The third-order valence-corrected chi connectivity index (χ3v) is 2.06. The van der Waals surface area contributed by atoms with Gasteiger partial charge in [0.2, 0.25) is 0 Å². The maximum Gasteiger partial charge on any atom is 0.137 e. The maximum absolute atomic E-state index is 5.95. The van der Waals surface area contributed by atoms with Crippen LogP contribution in [0.25, 0.3) is 0 Å². The lowest BCUT2D eigenvalue weighted by Gasteiger charge is -2.08. The number of anilines is 1. The third-order valence-electron chi connectivity index (χ3n) is 1.74. The second-order valence-electron chi connectivity index (χ2n) is 2.77. The Morgan fingerprint density at radius 1 is 1.38 bits per heavy atom. The van der Waals surface area contributed by atoms with E-state index in [2.05, 4.69) is 22.2 Å². The molecular formula is C9H14ClN3. The first-order valence-electron chi connectivity index (χ1n) is 4.52. The van der Waals surface area contributed by atoms with E-state index in [9.17, 15) is 0 Å². The van der Waals surface area contributed by atoms with Crippen LogP contribution in [0.1, 0.15) is 25.8 Å². The molecule has 72 valence electrons. The number of nitrogens with zero attached hydrogens (tertiary/aromatic N) is 2. The summed E-state index contributed by atoms with van der Waals surface area (Å²) in [7, 11) is 0. The van der Waals surface area contributed by atoms with Gasteiger partial charge in [-0.15, -0.1) is 0 Å². The van der Waals surface area contributed by atoms with Crippen molar-refractivity contribution in [2.45, 2.75) is 26.7 Å². The number of rotatable bonds is 4. The zero-order chi connectivity index (χ0) is 9.68. The van der Waals surface area contributed by atoms with Crippen LogP contribution in [0.5, 0.6) is 0 Å². The summed E-state index contributed by atoms with van der Waals surface area (Å²) in [6.45, 7) is 4.99. The molecule has 0 aliphatic heterocycles. The lowest BCUT2D eigenvalue weighted by molar-refractivity contribution is 0.899. The summed E-state index contributed by atoms with van der Waals surface area (Å²) < 4.78 is 0. The second kappa shape index (κ2) is 5.02. The Hall–Kier alpha value is -0.830. The molecule has 0 atom stereocenters. The van der Waals surface area contributed by atoms with Crippen LogP contribution >= 0.6 is 11.6 Å². The van der Waals surface area contributed by atoms with Gasteiger partial charge in [0.05, 0.1) is 0 Å². The molecule has 0 aliphatic carbocycles. The van der Waals surface area contributed by atoms with Gasteiger partial charge in [0.15, 0.2) is 0 Å². The first-order chi connectivity index (χ1) is 6.29. The number of hydrogen-bond acceptors (Lipinski definition) is 3. The number of aromatic nitrogens is 2. The van der Waals surface area contributed by atoms with E-state index in [1.54, 1.807) is 0 Å². The van der Waals surface area contributed by atoms with E-state index in [1.807, 2.05) is 6.92 Å². The number of halogens is 1. The van der Waals surface area contributed by atoms with Crippen molar-refractivity contribution in [1.82, 2.24) is 9.97 Å². The highest BCUT2D eigenvalue weighted by atomic mass is 35.5. The fourth-order valence-corrected chi connectivity index (χ4v) is 1.41. The smallest absolute Gasteiger partial charge is 0.137 e. The fraction of sp³-hybridized carbons (Fsp3) is 0.556. The summed E-state index contributed by atoms with van der Waals surface area (Å²) in [6, 6.07) is 0. The van der Waals surface area contributed by atoms with E-state index < -0.39 is 0 Å². The monoisotopic (exact) mass is 199 g/mol. The van der Waals surface area contributed by atoms with Crippen LogP contribution in [-0.2, 0) is 6.42 Å². The Morgan fingerprint density at radius 3 is 2.77 bits per heavy atom. The molecule has 0 amide bonds. The van der Waals surface area contributed by atoms with E-state index in [1.165, 1.54) is 6.33 Å². The normalized spacial score (nSPS) is 10.1. The molecule has 13 heavy (non-hydrogen) atoms. The Balaban J connectivity index is 2.95. The molecule has 0 saturated carbocycles. The zero-order valence-corrected chi connectivity index (χ0v) is 8.73. The van der Waals surface area contributed by atoms with Gasteiger partial charge in [0.25, 0.3) is 0 Å². The summed E-state index contributed by atoms with van der Waals surface area (Å²) in [5, 5.41) is 3.73. The van der Waals surface area contributed by atoms with E-state index in [4.69, 9.17) is 11.6 Å². The van der Waals surface area contributed by atoms with Gasteiger partial charge < -0.3 is 5.32 Å². The molecule has 1 aromatic rings.